The quantitative estimate of drug-likeness (QED) is 0.405. The normalized spacial score (nSPS) is 13.0. The van der Waals surface area contributed by atoms with Gasteiger partial charge in [0.25, 0.3) is 5.91 Å². The van der Waals surface area contributed by atoms with E-state index in [2.05, 4.69) is 10.4 Å². The number of carbonyl (C=O) groups is 2. The summed E-state index contributed by atoms with van der Waals surface area (Å²) in [5.74, 6) is 0.112. The molecule has 5 nitrogen and oxygen atoms in total. The molecule has 0 N–H and O–H groups in total. The Morgan fingerprint density at radius 1 is 1.17 bits per heavy atom. The first-order valence-corrected chi connectivity index (χ1v) is 11.7. The van der Waals surface area contributed by atoms with Gasteiger partial charge in [0, 0.05) is 28.3 Å². The first-order valence-electron chi connectivity index (χ1n) is 9.79. The molecule has 3 aromatic rings. The molecule has 0 spiro atoms. The van der Waals surface area contributed by atoms with Crippen LogP contribution in [0.2, 0.25) is 0 Å². The molecule has 0 radical (unpaired) electrons. The highest BCUT2D eigenvalue weighted by molar-refractivity contribution is 7.98. The van der Waals surface area contributed by atoms with Gasteiger partial charge in [-0.2, -0.15) is 0 Å². The lowest BCUT2D eigenvalue weighted by Crippen LogP contribution is -2.38. The van der Waals surface area contributed by atoms with Crippen molar-refractivity contribution in [2.24, 2.45) is 0 Å². The van der Waals surface area contributed by atoms with Crippen molar-refractivity contribution in [2.45, 2.75) is 30.4 Å². The first-order chi connectivity index (χ1) is 14.6. The Bertz CT molecular complexity index is 1050. The molecule has 4 rings (SSSR count). The zero-order chi connectivity index (χ0) is 20.9. The number of fused-ring (bicyclic) bond motifs is 1. The van der Waals surface area contributed by atoms with Gasteiger partial charge in [-0.3, -0.25) is 4.79 Å². The average Bonchev–Trinajstić information content (AvgIpc) is 3.21. The Hall–Kier alpha value is -2.64. The van der Waals surface area contributed by atoms with Gasteiger partial charge in [0.15, 0.2) is 6.61 Å². The van der Waals surface area contributed by atoms with Crippen LogP contribution in [0.1, 0.15) is 33.0 Å². The summed E-state index contributed by atoms with van der Waals surface area (Å²) in [4.78, 5) is 32.2. The maximum atomic E-state index is 12.6. The Kier molecular flexibility index (Phi) is 6.50. The SMILES string of the molecule is Cc1nc(CSc2ccc(C(=O)OCC(=O)N3CCCc4ccccc43)cc2)cs1. The van der Waals surface area contributed by atoms with Crippen molar-refractivity contribution in [2.75, 3.05) is 18.1 Å². The number of carbonyl (C=O) groups excluding carboxylic acids is 2. The number of anilines is 1. The fraction of sp³-hybridized carbons (Fsp3) is 0.261. The van der Waals surface area contributed by atoms with E-state index in [1.54, 1.807) is 40.1 Å². The number of para-hydroxylation sites is 1. The van der Waals surface area contributed by atoms with Gasteiger partial charge in [0.2, 0.25) is 0 Å². The minimum absolute atomic E-state index is 0.193. The number of amides is 1. The number of esters is 1. The van der Waals surface area contributed by atoms with E-state index in [1.165, 1.54) is 0 Å². The number of thioether (sulfide) groups is 1. The van der Waals surface area contributed by atoms with Crippen LogP contribution in [0.15, 0.2) is 58.8 Å². The molecule has 1 aliphatic heterocycles. The monoisotopic (exact) mass is 438 g/mol. The zero-order valence-electron chi connectivity index (χ0n) is 16.7. The molecule has 0 aliphatic carbocycles. The summed E-state index contributed by atoms with van der Waals surface area (Å²) in [6.07, 6.45) is 1.88. The third-order valence-corrected chi connectivity index (χ3v) is 6.75. The van der Waals surface area contributed by atoms with E-state index in [4.69, 9.17) is 4.74 Å². The van der Waals surface area contributed by atoms with Crippen molar-refractivity contribution >= 4 is 40.7 Å². The predicted octanol–water partition coefficient (Wildman–Crippen LogP) is 4.88. The lowest BCUT2D eigenvalue weighted by Gasteiger charge is -2.29. The van der Waals surface area contributed by atoms with Gasteiger partial charge < -0.3 is 9.64 Å². The maximum absolute atomic E-state index is 12.6. The molecule has 0 unspecified atom stereocenters. The summed E-state index contributed by atoms with van der Waals surface area (Å²) in [5, 5.41) is 3.12. The van der Waals surface area contributed by atoms with Crippen LogP contribution in [0.5, 0.6) is 0 Å². The third-order valence-electron chi connectivity index (χ3n) is 4.88. The van der Waals surface area contributed by atoms with E-state index in [-0.39, 0.29) is 12.5 Å². The number of hydrogen-bond acceptors (Lipinski definition) is 6. The van der Waals surface area contributed by atoms with Crippen molar-refractivity contribution in [3.8, 4) is 0 Å². The molecule has 2 aromatic carbocycles. The highest BCUT2D eigenvalue weighted by Gasteiger charge is 2.23. The van der Waals surface area contributed by atoms with Crippen molar-refractivity contribution in [1.29, 1.82) is 0 Å². The molecular formula is C23H22N2O3S2. The summed E-state index contributed by atoms with van der Waals surface area (Å²) in [7, 11) is 0. The Morgan fingerprint density at radius 3 is 2.73 bits per heavy atom. The van der Waals surface area contributed by atoms with E-state index in [0.717, 1.165) is 45.4 Å². The second-order valence-corrected chi connectivity index (χ2v) is 9.14. The van der Waals surface area contributed by atoms with Gasteiger partial charge in [0.05, 0.1) is 16.3 Å². The summed E-state index contributed by atoms with van der Waals surface area (Å²) in [6.45, 7) is 2.39. The van der Waals surface area contributed by atoms with Gasteiger partial charge in [-0.1, -0.05) is 18.2 Å². The van der Waals surface area contributed by atoms with Crippen molar-refractivity contribution < 1.29 is 14.3 Å². The topological polar surface area (TPSA) is 59.5 Å². The summed E-state index contributed by atoms with van der Waals surface area (Å²) >= 11 is 3.31. The van der Waals surface area contributed by atoms with Crippen LogP contribution in [-0.2, 0) is 21.7 Å². The van der Waals surface area contributed by atoms with Crippen molar-refractivity contribution in [3.05, 3.63) is 75.7 Å². The van der Waals surface area contributed by atoms with Crippen LogP contribution < -0.4 is 4.90 Å². The molecule has 0 saturated carbocycles. The molecule has 7 heteroatoms. The number of thiazole rings is 1. The molecular weight excluding hydrogens is 416 g/mol. The lowest BCUT2D eigenvalue weighted by molar-refractivity contribution is -0.121. The predicted molar refractivity (Wildman–Crippen MR) is 120 cm³/mol. The Morgan fingerprint density at radius 2 is 1.97 bits per heavy atom. The van der Waals surface area contributed by atoms with Crippen LogP contribution in [0, 0.1) is 6.92 Å². The molecule has 2 heterocycles. The molecule has 30 heavy (non-hydrogen) atoms. The molecule has 0 saturated heterocycles. The van der Waals surface area contributed by atoms with Crippen LogP contribution in [-0.4, -0.2) is 30.0 Å². The number of aromatic nitrogens is 1. The molecule has 0 bridgehead atoms. The van der Waals surface area contributed by atoms with E-state index in [0.29, 0.717) is 12.1 Å². The average molecular weight is 439 g/mol. The van der Waals surface area contributed by atoms with E-state index >= 15 is 0 Å². The fourth-order valence-electron chi connectivity index (χ4n) is 3.40. The minimum atomic E-state index is -0.486. The van der Waals surface area contributed by atoms with Gasteiger partial charge in [0.1, 0.15) is 0 Å². The largest absolute Gasteiger partial charge is 0.452 e. The van der Waals surface area contributed by atoms with Gasteiger partial charge in [-0.05, 0) is 55.7 Å². The van der Waals surface area contributed by atoms with Crippen LogP contribution in [0.3, 0.4) is 0 Å². The highest BCUT2D eigenvalue weighted by atomic mass is 32.2. The smallest absolute Gasteiger partial charge is 0.338 e. The standard InChI is InChI=1S/C23H22N2O3S2/c1-16-24-19(14-29-16)15-30-20-10-8-18(9-11-20)23(27)28-13-22(26)25-12-4-6-17-5-2-3-7-21(17)25/h2-3,5,7-11,14H,4,6,12-13,15H2,1H3. The fourth-order valence-corrected chi connectivity index (χ4v) is 4.91. The lowest BCUT2D eigenvalue weighted by atomic mass is 10.0. The second kappa shape index (κ2) is 9.45. The van der Waals surface area contributed by atoms with Gasteiger partial charge >= 0.3 is 5.97 Å². The van der Waals surface area contributed by atoms with Crippen molar-refractivity contribution in [3.63, 3.8) is 0 Å². The Labute approximate surface area is 184 Å². The van der Waals surface area contributed by atoms with E-state index in [1.807, 2.05) is 43.3 Å². The molecule has 154 valence electrons. The summed E-state index contributed by atoms with van der Waals surface area (Å²) < 4.78 is 5.28. The summed E-state index contributed by atoms with van der Waals surface area (Å²) in [6, 6.07) is 15.1. The number of hydrogen-bond donors (Lipinski definition) is 0. The number of rotatable bonds is 6. The number of aryl methyl sites for hydroxylation is 2. The van der Waals surface area contributed by atoms with Gasteiger partial charge in [-0.15, -0.1) is 23.1 Å². The number of nitrogens with zero attached hydrogens (tertiary/aromatic N) is 2. The van der Waals surface area contributed by atoms with Crippen LogP contribution in [0.25, 0.3) is 0 Å². The van der Waals surface area contributed by atoms with E-state index < -0.39 is 5.97 Å². The van der Waals surface area contributed by atoms with Crippen LogP contribution in [0.4, 0.5) is 5.69 Å². The van der Waals surface area contributed by atoms with Crippen LogP contribution >= 0.6 is 23.1 Å². The molecule has 1 aromatic heterocycles. The number of ether oxygens (including phenoxy) is 1. The minimum Gasteiger partial charge on any atom is -0.452 e. The second-order valence-electron chi connectivity index (χ2n) is 7.02. The first kappa shape index (κ1) is 20.6. The summed E-state index contributed by atoms with van der Waals surface area (Å²) in [5.41, 5.74) is 3.57. The highest BCUT2D eigenvalue weighted by Crippen LogP contribution is 2.27. The number of benzene rings is 2. The van der Waals surface area contributed by atoms with E-state index in [9.17, 15) is 9.59 Å². The third kappa shape index (κ3) is 4.91. The maximum Gasteiger partial charge on any atom is 0.338 e. The molecule has 0 atom stereocenters. The molecule has 1 amide bonds. The van der Waals surface area contributed by atoms with Gasteiger partial charge in [-0.25, -0.2) is 9.78 Å². The Balaban J connectivity index is 1.30. The van der Waals surface area contributed by atoms with Crippen molar-refractivity contribution in [1.82, 2.24) is 4.98 Å². The molecule has 0 fully saturated rings. The molecule has 1 aliphatic rings. The zero-order valence-corrected chi connectivity index (χ0v) is 18.3.